The molecule has 3 rings (SSSR count). The number of carbonyl (C=O) groups is 2. The number of carboxylic acid groups (broad SMARTS) is 2. The van der Waals surface area contributed by atoms with Gasteiger partial charge in [0, 0.05) is 30.2 Å². The minimum Gasteiger partial charge on any atom is -0.481 e. The Morgan fingerprint density at radius 2 is 2.09 bits per heavy atom. The lowest BCUT2D eigenvalue weighted by Gasteiger charge is -2.32. The second-order valence-electron chi connectivity index (χ2n) is 5.63. The van der Waals surface area contributed by atoms with Crippen molar-refractivity contribution in [1.82, 2.24) is 0 Å². The second-order valence-corrected chi connectivity index (χ2v) is 5.63. The van der Waals surface area contributed by atoms with Crippen LogP contribution in [-0.2, 0) is 16.0 Å². The van der Waals surface area contributed by atoms with Crippen molar-refractivity contribution in [2.24, 2.45) is 5.92 Å². The standard InChI is InChI=1S/C16H17NO5/c18-15(19)8-13-6-10-3-4-12(7-14(10)22-13)17-5-1-2-11(9-17)16(20)21/h3-4,6-7,11H,1-2,5,8-9H2,(H,18,19)(H,20,21). The lowest BCUT2D eigenvalue weighted by atomic mass is 9.98. The number of anilines is 1. The number of nitrogens with zero attached hydrogens (tertiary/aromatic N) is 1. The van der Waals surface area contributed by atoms with Gasteiger partial charge in [0.05, 0.1) is 5.92 Å². The van der Waals surface area contributed by atoms with Gasteiger partial charge in [0.2, 0.25) is 0 Å². The molecule has 1 atom stereocenters. The first-order valence-electron chi connectivity index (χ1n) is 7.25. The minimum absolute atomic E-state index is 0.144. The first-order valence-corrected chi connectivity index (χ1v) is 7.25. The van der Waals surface area contributed by atoms with Crippen LogP contribution < -0.4 is 4.90 Å². The van der Waals surface area contributed by atoms with Crippen molar-refractivity contribution in [2.45, 2.75) is 19.3 Å². The van der Waals surface area contributed by atoms with Crippen molar-refractivity contribution in [1.29, 1.82) is 0 Å². The van der Waals surface area contributed by atoms with Crippen LogP contribution >= 0.6 is 0 Å². The number of piperidine rings is 1. The Hall–Kier alpha value is -2.50. The van der Waals surface area contributed by atoms with Gasteiger partial charge in [0.1, 0.15) is 17.8 Å². The third-order valence-corrected chi connectivity index (χ3v) is 4.02. The topological polar surface area (TPSA) is 91.0 Å². The first kappa shape index (κ1) is 14.4. The number of rotatable bonds is 4. The van der Waals surface area contributed by atoms with Crippen LogP contribution in [0.15, 0.2) is 28.7 Å². The molecule has 0 spiro atoms. The lowest BCUT2D eigenvalue weighted by Crippen LogP contribution is -2.38. The molecule has 6 heteroatoms. The normalized spacial score (nSPS) is 18.5. The van der Waals surface area contributed by atoms with Crippen molar-refractivity contribution < 1.29 is 24.2 Å². The van der Waals surface area contributed by atoms with E-state index in [1.807, 2.05) is 23.1 Å². The molecule has 2 heterocycles. The van der Waals surface area contributed by atoms with Crippen LogP contribution in [0.2, 0.25) is 0 Å². The van der Waals surface area contributed by atoms with Crippen LogP contribution in [-0.4, -0.2) is 35.2 Å². The Morgan fingerprint density at radius 3 is 2.82 bits per heavy atom. The summed E-state index contributed by atoms with van der Waals surface area (Å²) in [4.78, 5) is 23.9. The van der Waals surface area contributed by atoms with E-state index in [4.69, 9.17) is 14.6 Å². The van der Waals surface area contributed by atoms with Gasteiger partial charge in [-0.05, 0) is 31.0 Å². The smallest absolute Gasteiger partial charge is 0.311 e. The Balaban J connectivity index is 1.84. The maximum absolute atomic E-state index is 11.1. The molecule has 2 N–H and O–H groups in total. The molecular weight excluding hydrogens is 286 g/mol. The summed E-state index contributed by atoms with van der Waals surface area (Å²) in [5, 5.41) is 18.8. The summed E-state index contributed by atoms with van der Waals surface area (Å²) in [6, 6.07) is 7.38. The van der Waals surface area contributed by atoms with Gasteiger partial charge in [-0.2, -0.15) is 0 Å². The second kappa shape index (κ2) is 5.71. The highest BCUT2D eigenvalue weighted by Crippen LogP contribution is 2.28. The quantitative estimate of drug-likeness (QED) is 0.901. The molecule has 1 saturated heterocycles. The fraction of sp³-hybridized carbons (Fsp3) is 0.375. The maximum atomic E-state index is 11.1. The number of furan rings is 1. The van der Waals surface area contributed by atoms with Crippen LogP contribution in [0.1, 0.15) is 18.6 Å². The van der Waals surface area contributed by atoms with Crippen LogP contribution in [0.4, 0.5) is 5.69 Å². The van der Waals surface area contributed by atoms with Crippen molar-refractivity contribution in [3.8, 4) is 0 Å². The van der Waals surface area contributed by atoms with E-state index >= 15 is 0 Å². The van der Waals surface area contributed by atoms with Crippen LogP contribution in [0, 0.1) is 5.92 Å². The van der Waals surface area contributed by atoms with E-state index in [0.29, 0.717) is 24.3 Å². The predicted octanol–water partition coefficient (Wildman–Crippen LogP) is 2.36. The number of hydrogen-bond donors (Lipinski definition) is 2. The number of hydrogen-bond acceptors (Lipinski definition) is 4. The maximum Gasteiger partial charge on any atom is 0.311 e. The molecule has 0 radical (unpaired) electrons. The van der Waals surface area contributed by atoms with Crippen molar-refractivity contribution in [3.05, 3.63) is 30.0 Å². The zero-order chi connectivity index (χ0) is 15.7. The molecule has 116 valence electrons. The molecule has 2 aromatic rings. The Kier molecular flexibility index (Phi) is 3.75. The van der Waals surface area contributed by atoms with Crippen LogP contribution in [0.5, 0.6) is 0 Å². The largest absolute Gasteiger partial charge is 0.481 e. The van der Waals surface area contributed by atoms with Crippen LogP contribution in [0.25, 0.3) is 11.0 Å². The van der Waals surface area contributed by atoms with Crippen molar-refractivity contribution >= 4 is 28.6 Å². The molecule has 0 amide bonds. The van der Waals surface area contributed by atoms with Gasteiger partial charge in [-0.25, -0.2) is 0 Å². The summed E-state index contributed by atoms with van der Waals surface area (Å²) in [6.45, 7) is 1.31. The van der Waals surface area contributed by atoms with Gasteiger partial charge in [-0.3, -0.25) is 9.59 Å². The highest BCUT2D eigenvalue weighted by molar-refractivity contribution is 5.83. The highest BCUT2D eigenvalue weighted by Gasteiger charge is 2.25. The summed E-state index contributed by atoms with van der Waals surface area (Å²) >= 11 is 0. The molecular formula is C16H17NO5. The van der Waals surface area contributed by atoms with Gasteiger partial charge in [-0.1, -0.05) is 0 Å². The summed E-state index contributed by atoms with van der Waals surface area (Å²) < 4.78 is 5.56. The number of benzene rings is 1. The van der Waals surface area contributed by atoms with Gasteiger partial charge in [0.15, 0.2) is 0 Å². The fourth-order valence-corrected chi connectivity index (χ4v) is 2.92. The third-order valence-electron chi connectivity index (χ3n) is 4.02. The van der Waals surface area contributed by atoms with Gasteiger partial charge < -0.3 is 19.5 Å². The lowest BCUT2D eigenvalue weighted by molar-refractivity contribution is -0.142. The average molecular weight is 303 g/mol. The molecule has 1 aliphatic heterocycles. The molecule has 0 bridgehead atoms. The molecule has 1 unspecified atom stereocenters. The molecule has 1 aromatic carbocycles. The monoisotopic (exact) mass is 303 g/mol. The number of carboxylic acids is 2. The van der Waals surface area contributed by atoms with E-state index in [1.54, 1.807) is 6.07 Å². The predicted molar refractivity (Wildman–Crippen MR) is 80.1 cm³/mol. The Morgan fingerprint density at radius 1 is 1.27 bits per heavy atom. The van der Waals surface area contributed by atoms with Crippen molar-refractivity contribution in [2.75, 3.05) is 18.0 Å². The highest BCUT2D eigenvalue weighted by atomic mass is 16.4. The molecule has 0 saturated carbocycles. The zero-order valence-corrected chi connectivity index (χ0v) is 12.0. The van der Waals surface area contributed by atoms with E-state index in [9.17, 15) is 9.59 Å². The molecule has 6 nitrogen and oxygen atoms in total. The van der Waals surface area contributed by atoms with Gasteiger partial charge in [-0.15, -0.1) is 0 Å². The summed E-state index contributed by atoms with van der Waals surface area (Å²) in [5.74, 6) is -1.61. The zero-order valence-electron chi connectivity index (χ0n) is 12.0. The van der Waals surface area contributed by atoms with E-state index in [-0.39, 0.29) is 12.3 Å². The van der Waals surface area contributed by atoms with E-state index < -0.39 is 11.9 Å². The average Bonchev–Trinajstić information content (AvgIpc) is 2.87. The van der Waals surface area contributed by atoms with E-state index in [0.717, 1.165) is 24.0 Å². The molecule has 1 aromatic heterocycles. The molecule has 1 fully saturated rings. The molecule has 1 aliphatic rings. The van der Waals surface area contributed by atoms with Crippen molar-refractivity contribution in [3.63, 3.8) is 0 Å². The number of fused-ring (bicyclic) bond motifs is 1. The number of aliphatic carboxylic acids is 2. The Bertz CT molecular complexity index is 720. The SMILES string of the molecule is O=C(O)Cc1cc2ccc(N3CCCC(C(=O)O)C3)cc2o1. The summed E-state index contributed by atoms with van der Waals surface area (Å²) in [6.07, 6.45) is 1.41. The van der Waals surface area contributed by atoms with E-state index in [1.165, 1.54) is 0 Å². The first-order chi connectivity index (χ1) is 10.5. The molecule has 22 heavy (non-hydrogen) atoms. The van der Waals surface area contributed by atoms with Gasteiger partial charge >= 0.3 is 11.9 Å². The summed E-state index contributed by atoms with van der Waals surface area (Å²) in [5.41, 5.74) is 1.54. The van der Waals surface area contributed by atoms with Crippen LogP contribution in [0.3, 0.4) is 0 Å². The Labute approximate surface area is 126 Å². The summed E-state index contributed by atoms with van der Waals surface area (Å²) in [7, 11) is 0. The molecule has 0 aliphatic carbocycles. The minimum atomic E-state index is -0.931. The van der Waals surface area contributed by atoms with E-state index in [2.05, 4.69) is 0 Å². The van der Waals surface area contributed by atoms with Gasteiger partial charge in [0.25, 0.3) is 0 Å². The third kappa shape index (κ3) is 2.90. The fourth-order valence-electron chi connectivity index (χ4n) is 2.92.